The van der Waals surface area contributed by atoms with Crippen molar-refractivity contribution in [3.8, 4) is 0 Å². The fraction of sp³-hybridized carbons (Fsp3) is 0.733. The number of amides is 2. The van der Waals surface area contributed by atoms with Crippen molar-refractivity contribution in [2.75, 3.05) is 32.7 Å². The Hall–Kier alpha value is -1.40. The molecular weight excluding hydrogens is 270 g/mol. The summed E-state index contributed by atoms with van der Waals surface area (Å²) in [6.45, 7) is 6.67. The minimum Gasteiger partial charge on any atom is -0.376 e. The Labute approximate surface area is 125 Å². The van der Waals surface area contributed by atoms with Crippen molar-refractivity contribution in [1.82, 2.24) is 14.7 Å². The molecule has 2 aliphatic heterocycles. The Morgan fingerprint density at radius 1 is 1.29 bits per heavy atom. The van der Waals surface area contributed by atoms with Gasteiger partial charge in [-0.05, 0) is 31.8 Å². The van der Waals surface area contributed by atoms with Gasteiger partial charge in [0.1, 0.15) is 11.8 Å². The van der Waals surface area contributed by atoms with E-state index < -0.39 is 11.8 Å². The molecule has 0 aromatic carbocycles. The molecule has 1 aliphatic carbocycles. The van der Waals surface area contributed by atoms with Crippen LogP contribution >= 0.6 is 0 Å². The van der Waals surface area contributed by atoms with Crippen LogP contribution in [0.4, 0.5) is 0 Å². The SMILES string of the molecule is C=CC(=O)N1CCN(C[C@H](O)N2CCCC2)C(=O)C12CC2. The van der Waals surface area contributed by atoms with Crippen LogP contribution in [-0.2, 0) is 9.59 Å². The van der Waals surface area contributed by atoms with Gasteiger partial charge in [-0.25, -0.2) is 0 Å². The summed E-state index contributed by atoms with van der Waals surface area (Å²) >= 11 is 0. The molecule has 1 N–H and O–H groups in total. The van der Waals surface area contributed by atoms with Crippen LogP contribution in [0.5, 0.6) is 0 Å². The van der Waals surface area contributed by atoms with E-state index in [9.17, 15) is 14.7 Å². The zero-order valence-corrected chi connectivity index (χ0v) is 12.3. The third-order valence-corrected chi connectivity index (χ3v) is 4.91. The van der Waals surface area contributed by atoms with Gasteiger partial charge in [0.15, 0.2) is 0 Å². The Morgan fingerprint density at radius 3 is 2.52 bits per heavy atom. The molecule has 0 bridgehead atoms. The molecule has 0 aromatic heterocycles. The number of rotatable bonds is 4. The summed E-state index contributed by atoms with van der Waals surface area (Å²) in [5, 5.41) is 10.3. The molecule has 0 unspecified atom stereocenters. The summed E-state index contributed by atoms with van der Waals surface area (Å²) in [5.41, 5.74) is -0.645. The quantitative estimate of drug-likeness (QED) is 0.729. The zero-order chi connectivity index (χ0) is 15.0. The van der Waals surface area contributed by atoms with Crippen LogP contribution in [0, 0.1) is 0 Å². The number of likely N-dealkylation sites (tertiary alicyclic amines) is 1. The average molecular weight is 293 g/mol. The van der Waals surface area contributed by atoms with E-state index in [1.807, 2.05) is 4.90 Å². The standard InChI is InChI=1S/C15H23N3O3/c1-2-12(19)18-10-9-17(14(21)15(18)5-6-15)11-13(20)16-7-3-4-8-16/h2,13,20H,1,3-11H2/t13-/m0/s1. The molecule has 2 saturated heterocycles. The molecule has 3 aliphatic rings. The molecular formula is C15H23N3O3. The molecule has 6 nitrogen and oxygen atoms in total. The van der Waals surface area contributed by atoms with Crippen LogP contribution in [0.25, 0.3) is 0 Å². The van der Waals surface area contributed by atoms with Gasteiger partial charge in [0, 0.05) is 26.2 Å². The van der Waals surface area contributed by atoms with E-state index in [1.54, 1.807) is 9.80 Å². The van der Waals surface area contributed by atoms with Gasteiger partial charge in [-0.3, -0.25) is 14.5 Å². The largest absolute Gasteiger partial charge is 0.376 e. The van der Waals surface area contributed by atoms with E-state index >= 15 is 0 Å². The molecule has 2 heterocycles. The number of carbonyl (C=O) groups excluding carboxylic acids is 2. The van der Waals surface area contributed by atoms with E-state index in [0.29, 0.717) is 19.6 Å². The second-order valence-electron chi connectivity index (χ2n) is 6.20. The predicted octanol–water partition coefficient (Wildman–Crippen LogP) is -0.210. The van der Waals surface area contributed by atoms with Crippen molar-refractivity contribution < 1.29 is 14.7 Å². The summed E-state index contributed by atoms with van der Waals surface area (Å²) in [6.07, 6.45) is 4.35. The van der Waals surface area contributed by atoms with Gasteiger partial charge in [-0.2, -0.15) is 0 Å². The maximum Gasteiger partial charge on any atom is 0.248 e. The summed E-state index contributed by atoms with van der Waals surface area (Å²) in [7, 11) is 0. The minimum absolute atomic E-state index is 0.0119. The predicted molar refractivity (Wildman–Crippen MR) is 77.3 cm³/mol. The fourth-order valence-electron chi connectivity index (χ4n) is 3.51. The number of nitrogens with zero attached hydrogens (tertiary/aromatic N) is 3. The van der Waals surface area contributed by atoms with Crippen molar-refractivity contribution >= 4 is 11.8 Å². The highest BCUT2D eigenvalue weighted by Crippen LogP contribution is 2.45. The van der Waals surface area contributed by atoms with Crippen LogP contribution in [0.3, 0.4) is 0 Å². The average Bonchev–Trinajstić information content (AvgIpc) is 3.07. The zero-order valence-electron chi connectivity index (χ0n) is 12.3. The second kappa shape index (κ2) is 5.42. The Balaban J connectivity index is 1.65. The number of aliphatic hydroxyl groups is 1. The normalized spacial score (nSPS) is 26.2. The molecule has 1 saturated carbocycles. The van der Waals surface area contributed by atoms with Crippen LogP contribution in [0.15, 0.2) is 12.7 Å². The highest BCUT2D eigenvalue weighted by Gasteiger charge is 2.59. The first-order chi connectivity index (χ1) is 10.1. The third kappa shape index (κ3) is 2.46. The lowest BCUT2D eigenvalue weighted by Gasteiger charge is -2.42. The molecule has 2 amide bonds. The number of hydrogen-bond acceptors (Lipinski definition) is 4. The van der Waals surface area contributed by atoms with Crippen molar-refractivity contribution in [2.45, 2.75) is 37.5 Å². The van der Waals surface area contributed by atoms with E-state index in [-0.39, 0.29) is 11.8 Å². The molecule has 21 heavy (non-hydrogen) atoms. The van der Waals surface area contributed by atoms with Crippen molar-refractivity contribution in [3.63, 3.8) is 0 Å². The van der Waals surface area contributed by atoms with Crippen molar-refractivity contribution in [1.29, 1.82) is 0 Å². The minimum atomic E-state index is -0.645. The summed E-state index contributed by atoms with van der Waals surface area (Å²) in [6, 6.07) is 0. The first kappa shape index (κ1) is 14.5. The number of β-amino-alcohol motifs (C(OH)–C–C–N with tert-alkyl or cyclic N) is 1. The van der Waals surface area contributed by atoms with Crippen LogP contribution in [0.1, 0.15) is 25.7 Å². The fourth-order valence-corrected chi connectivity index (χ4v) is 3.51. The van der Waals surface area contributed by atoms with Crippen LogP contribution < -0.4 is 0 Å². The van der Waals surface area contributed by atoms with Gasteiger partial charge in [0.2, 0.25) is 11.8 Å². The number of piperazine rings is 1. The number of aliphatic hydroxyl groups excluding tert-OH is 1. The smallest absolute Gasteiger partial charge is 0.248 e. The van der Waals surface area contributed by atoms with Gasteiger partial charge < -0.3 is 14.9 Å². The van der Waals surface area contributed by atoms with E-state index in [1.165, 1.54) is 6.08 Å². The van der Waals surface area contributed by atoms with E-state index in [4.69, 9.17) is 0 Å². The van der Waals surface area contributed by atoms with E-state index in [0.717, 1.165) is 38.8 Å². The Bertz CT molecular complexity index is 455. The monoisotopic (exact) mass is 293 g/mol. The third-order valence-electron chi connectivity index (χ3n) is 4.91. The van der Waals surface area contributed by atoms with Gasteiger partial charge in [-0.1, -0.05) is 6.58 Å². The Kier molecular flexibility index (Phi) is 3.75. The molecule has 3 rings (SSSR count). The van der Waals surface area contributed by atoms with Gasteiger partial charge in [0.25, 0.3) is 0 Å². The first-order valence-corrected chi connectivity index (χ1v) is 7.74. The van der Waals surface area contributed by atoms with Crippen LogP contribution in [0.2, 0.25) is 0 Å². The Morgan fingerprint density at radius 2 is 1.95 bits per heavy atom. The summed E-state index contributed by atoms with van der Waals surface area (Å²) in [4.78, 5) is 29.9. The highest BCUT2D eigenvalue weighted by atomic mass is 16.3. The van der Waals surface area contributed by atoms with Crippen molar-refractivity contribution in [2.24, 2.45) is 0 Å². The summed E-state index contributed by atoms with van der Waals surface area (Å²) in [5.74, 6) is -0.178. The molecule has 3 fully saturated rings. The molecule has 0 radical (unpaired) electrons. The maximum absolute atomic E-state index is 12.7. The van der Waals surface area contributed by atoms with Crippen LogP contribution in [-0.4, -0.2) is 76.1 Å². The van der Waals surface area contributed by atoms with Gasteiger partial charge in [-0.15, -0.1) is 0 Å². The van der Waals surface area contributed by atoms with Crippen molar-refractivity contribution in [3.05, 3.63) is 12.7 Å². The molecule has 6 heteroatoms. The van der Waals surface area contributed by atoms with E-state index in [2.05, 4.69) is 6.58 Å². The topological polar surface area (TPSA) is 64.1 Å². The lowest BCUT2D eigenvalue weighted by atomic mass is 10.1. The first-order valence-electron chi connectivity index (χ1n) is 7.74. The lowest BCUT2D eigenvalue weighted by Crippen LogP contribution is -2.62. The lowest BCUT2D eigenvalue weighted by molar-refractivity contribution is -0.154. The molecule has 116 valence electrons. The number of hydrogen-bond donors (Lipinski definition) is 1. The maximum atomic E-state index is 12.7. The molecule has 0 aromatic rings. The summed E-state index contributed by atoms with van der Waals surface area (Å²) < 4.78 is 0. The second-order valence-corrected chi connectivity index (χ2v) is 6.20. The molecule has 1 spiro atoms. The van der Waals surface area contributed by atoms with Gasteiger partial charge in [0.05, 0.1) is 6.54 Å². The van der Waals surface area contributed by atoms with Gasteiger partial charge >= 0.3 is 0 Å². The highest BCUT2D eigenvalue weighted by molar-refractivity contribution is 5.98. The molecule has 1 atom stereocenters. The number of carbonyl (C=O) groups is 2.